The van der Waals surface area contributed by atoms with Crippen LogP contribution in [0.25, 0.3) is 0 Å². The van der Waals surface area contributed by atoms with Crippen LogP contribution >= 0.6 is 0 Å². The Labute approximate surface area is 205 Å². The second kappa shape index (κ2) is 10.4. The summed E-state index contributed by atoms with van der Waals surface area (Å²) in [5.74, 6) is 0.586. The predicted molar refractivity (Wildman–Crippen MR) is 134 cm³/mol. The minimum atomic E-state index is -3.75. The lowest BCUT2D eigenvalue weighted by Crippen LogP contribution is -2.36. The van der Waals surface area contributed by atoms with Gasteiger partial charge in [0.25, 0.3) is 5.91 Å². The highest BCUT2D eigenvalue weighted by Crippen LogP contribution is 2.33. The van der Waals surface area contributed by atoms with Crippen LogP contribution < -0.4 is 15.2 Å². The van der Waals surface area contributed by atoms with E-state index in [1.165, 1.54) is 12.1 Å². The van der Waals surface area contributed by atoms with Crippen LogP contribution in [-0.4, -0.2) is 38.7 Å². The van der Waals surface area contributed by atoms with Gasteiger partial charge >= 0.3 is 0 Å². The van der Waals surface area contributed by atoms with Gasteiger partial charge < -0.3 is 10.1 Å². The second-order valence-corrected chi connectivity index (χ2v) is 9.92. The number of nitrogens with one attached hydrogen (secondary N) is 1. The zero-order valence-corrected chi connectivity index (χ0v) is 20.4. The molecule has 1 aliphatic heterocycles. The first-order valence-electron chi connectivity index (χ1n) is 11.2. The Morgan fingerprint density at radius 1 is 1.09 bits per heavy atom. The summed E-state index contributed by atoms with van der Waals surface area (Å²) >= 11 is 0. The van der Waals surface area contributed by atoms with Crippen molar-refractivity contribution in [2.75, 3.05) is 13.7 Å². The molecule has 9 heteroatoms. The fraction of sp³-hybridized carbons (Fsp3) is 0.231. The van der Waals surface area contributed by atoms with Crippen LogP contribution in [0.4, 0.5) is 0 Å². The highest BCUT2D eigenvalue weighted by Gasteiger charge is 2.33. The van der Waals surface area contributed by atoms with Gasteiger partial charge in [0, 0.05) is 12.5 Å². The quantitative estimate of drug-likeness (QED) is 0.500. The Hall–Kier alpha value is -3.53. The maximum absolute atomic E-state index is 13.3. The summed E-state index contributed by atoms with van der Waals surface area (Å²) in [7, 11) is -2.13. The number of amides is 1. The Morgan fingerprint density at radius 3 is 2.34 bits per heavy atom. The van der Waals surface area contributed by atoms with E-state index < -0.39 is 10.0 Å². The van der Waals surface area contributed by atoms with Gasteiger partial charge in [0.1, 0.15) is 5.75 Å². The molecule has 35 heavy (non-hydrogen) atoms. The van der Waals surface area contributed by atoms with Crippen molar-refractivity contribution >= 4 is 21.6 Å². The zero-order valence-electron chi connectivity index (χ0n) is 19.6. The third-order valence-corrected chi connectivity index (χ3v) is 6.97. The van der Waals surface area contributed by atoms with E-state index in [0.717, 1.165) is 28.2 Å². The third-order valence-electron chi connectivity index (χ3n) is 6.04. The molecule has 0 fully saturated rings. The summed E-state index contributed by atoms with van der Waals surface area (Å²) in [6, 6.07) is 23.4. The van der Waals surface area contributed by atoms with Gasteiger partial charge in [-0.1, -0.05) is 54.6 Å². The number of benzene rings is 3. The highest BCUT2D eigenvalue weighted by molar-refractivity contribution is 7.89. The normalized spacial score (nSPS) is 16.6. The Bertz CT molecular complexity index is 1310. The van der Waals surface area contributed by atoms with Gasteiger partial charge in [-0.25, -0.2) is 18.6 Å². The maximum Gasteiger partial charge on any atom is 0.257 e. The van der Waals surface area contributed by atoms with Crippen molar-refractivity contribution in [2.45, 2.75) is 30.3 Å². The molecule has 0 bridgehead atoms. The zero-order chi connectivity index (χ0) is 25.0. The predicted octanol–water partition coefficient (Wildman–Crippen LogP) is 3.37. The van der Waals surface area contributed by atoms with Crippen molar-refractivity contribution in [1.29, 1.82) is 0 Å². The maximum atomic E-state index is 13.3. The Morgan fingerprint density at radius 2 is 1.74 bits per heavy atom. The molecule has 3 aromatic rings. The van der Waals surface area contributed by atoms with E-state index >= 15 is 0 Å². The van der Waals surface area contributed by atoms with E-state index in [4.69, 9.17) is 15.0 Å². The molecule has 3 N–H and O–H groups in total. The van der Waals surface area contributed by atoms with Gasteiger partial charge in [0.2, 0.25) is 10.0 Å². The number of hydrazone groups is 1. The summed E-state index contributed by atoms with van der Waals surface area (Å²) in [4.78, 5) is 13.3. The van der Waals surface area contributed by atoms with Gasteiger partial charge in [-0.2, -0.15) is 5.10 Å². The van der Waals surface area contributed by atoms with Crippen LogP contribution in [0.1, 0.15) is 42.1 Å². The van der Waals surface area contributed by atoms with E-state index in [1.54, 1.807) is 24.3 Å². The molecule has 4 rings (SSSR count). The second-order valence-electron chi connectivity index (χ2n) is 8.36. The molecule has 2 atom stereocenters. The molecule has 0 saturated heterocycles. The third kappa shape index (κ3) is 5.76. The summed E-state index contributed by atoms with van der Waals surface area (Å²) < 4.78 is 28.2. The van der Waals surface area contributed by atoms with Crippen LogP contribution in [0.3, 0.4) is 0 Å². The van der Waals surface area contributed by atoms with Gasteiger partial charge in [-0.3, -0.25) is 4.79 Å². The lowest BCUT2D eigenvalue weighted by molar-refractivity contribution is -0.132. The number of carbonyl (C=O) groups excluding carboxylic acids is 1. The first kappa shape index (κ1) is 24.6. The lowest BCUT2D eigenvalue weighted by atomic mass is 9.98. The van der Waals surface area contributed by atoms with E-state index in [9.17, 15) is 13.2 Å². The fourth-order valence-electron chi connectivity index (χ4n) is 4.02. The summed E-state index contributed by atoms with van der Waals surface area (Å²) in [5.41, 5.74) is 3.65. The van der Waals surface area contributed by atoms with E-state index in [-0.39, 0.29) is 29.4 Å². The van der Waals surface area contributed by atoms with E-state index in [0.29, 0.717) is 6.42 Å². The van der Waals surface area contributed by atoms with Crippen LogP contribution in [-0.2, 0) is 14.8 Å². The van der Waals surface area contributed by atoms with Crippen LogP contribution in [0.2, 0.25) is 0 Å². The first-order valence-corrected chi connectivity index (χ1v) is 12.8. The van der Waals surface area contributed by atoms with Gasteiger partial charge in [-0.05, 0) is 47.9 Å². The molecule has 1 heterocycles. The van der Waals surface area contributed by atoms with Crippen molar-refractivity contribution in [3.8, 4) is 5.75 Å². The van der Waals surface area contributed by atoms with E-state index in [1.807, 2.05) is 61.5 Å². The topological polar surface area (TPSA) is 114 Å². The molecule has 8 nitrogen and oxygen atoms in total. The number of methoxy groups -OCH3 is 1. The van der Waals surface area contributed by atoms with Crippen LogP contribution in [0.5, 0.6) is 5.75 Å². The minimum absolute atomic E-state index is 0.0479. The number of sulfonamides is 1. The molecule has 0 aromatic heterocycles. The standard InChI is InChI=1S/C26H28N4O4S/c1-18(19-10-14-23(15-11-19)35(27,32)33)28-17-26(31)30-25(21-8-12-22(34-2)13-9-21)16-24(29-30)20-6-4-3-5-7-20/h3-15,18,25,28H,16-17H2,1-2H3,(H2,27,32,33)/t18-,25-/m1/s1. The number of ether oxygens (including phenoxy) is 1. The Balaban J connectivity index is 1.50. The largest absolute Gasteiger partial charge is 0.497 e. The molecule has 1 aliphatic rings. The first-order chi connectivity index (χ1) is 16.8. The highest BCUT2D eigenvalue weighted by atomic mass is 32.2. The van der Waals surface area contributed by atoms with Gasteiger partial charge in [0.15, 0.2) is 0 Å². The van der Waals surface area contributed by atoms with Crippen molar-refractivity contribution in [2.24, 2.45) is 10.2 Å². The Kier molecular flexibility index (Phi) is 7.30. The summed E-state index contributed by atoms with van der Waals surface area (Å²) in [5, 5.41) is 14.6. The molecular weight excluding hydrogens is 464 g/mol. The summed E-state index contributed by atoms with van der Waals surface area (Å²) in [6.45, 7) is 1.97. The molecule has 1 amide bonds. The average molecular weight is 493 g/mol. The lowest BCUT2D eigenvalue weighted by Gasteiger charge is -2.23. The molecule has 0 spiro atoms. The van der Waals surface area contributed by atoms with Crippen molar-refractivity contribution in [3.63, 3.8) is 0 Å². The number of hydrogen-bond acceptors (Lipinski definition) is 6. The van der Waals surface area contributed by atoms with Crippen LogP contribution in [0.15, 0.2) is 88.9 Å². The fourth-order valence-corrected chi connectivity index (χ4v) is 4.53. The van der Waals surface area contributed by atoms with Gasteiger partial charge in [-0.15, -0.1) is 0 Å². The summed E-state index contributed by atoms with van der Waals surface area (Å²) in [6.07, 6.45) is 0.604. The number of hydrogen-bond donors (Lipinski definition) is 2. The average Bonchev–Trinajstić information content (AvgIpc) is 3.33. The van der Waals surface area contributed by atoms with Crippen molar-refractivity contribution < 1.29 is 17.9 Å². The molecule has 0 unspecified atom stereocenters. The van der Waals surface area contributed by atoms with Crippen LogP contribution in [0, 0.1) is 0 Å². The van der Waals surface area contributed by atoms with Crippen molar-refractivity contribution in [3.05, 3.63) is 95.6 Å². The molecule has 3 aromatic carbocycles. The number of nitrogens with two attached hydrogens (primary N) is 1. The smallest absolute Gasteiger partial charge is 0.257 e. The number of nitrogens with zero attached hydrogens (tertiary/aromatic N) is 2. The molecular formula is C26H28N4O4S. The SMILES string of the molecule is COc1ccc([C@H]2CC(c3ccccc3)=NN2C(=O)CN[C@H](C)c2ccc(S(N)(=O)=O)cc2)cc1. The molecule has 0 aliphatic carbocycles. The molecule has 182 valence electrons. The molecule has 0 saturated carbocycles. The number of carbonyl (C=O) groups is 1. The number of primary sulfonamides is 1. The monoisotopic (exact) mass is 492 g/mol. The molecule has 0 radical (unpaired) electrons. The minimum Gasteiger partial charge on any atom is -0.497 e. The van der Waals surface area contributed by atoms with E-state index in [2.05, 4.69) is 5.32 Å². The number of rotatable bonds is 8. The van der Waals surface area contributed by atoms with Gasteiger partial charge in [0.05, 0.1) is 30.3 Å². The van der Waals surface area contributed by atoms with Crippen molar-refractivity contribution in [1.82, 2.24) is 10.3 Å².